The molecule has 1 N–H and O–H groups in total. The molecule has 1 aromatic carbocycles. The van der Waals surface area contributed by atoms with Gasteiger partial charge in [0.1, 0.15) is 6.10 Å². The highest BCUT2D eigenvalue weighted by Crippen LogP contribution is 2.26. The summed E-state index contributed by atoms with van der Waals surface area (Å²) in [6.45, 7) is 3.42. The fraction of sp³-hybridized carbons (Fsp3) is 0.526. The summed E-state index contributed by atoms with van der Waals surface area (Å²) in [7, 11) is 0. The molecule has 1 fully saturated rings. The summed E-state index contributed by atoms with van der Waals surface area (Å²) in [4.78, 5) is 18.7. The number of hydrogen-bond acceptors (Lipinski definition) is 6. The minimum absolute atomic E-state index is 0.0345. The maximum absolute atomic E-state index is 12.2. The number of carbonyl (C=O) groups is 1. The second kappa shape index (κ2) is 7.97. The van der Waals surface area contributed by atoms with Crippen molar-refractivity contribution in [2.24, 2.45) is 0 Å². The van der Waals surface area contributed by atoms with E-state index < -0.39 is 0 Å². The minimum Gasteiger partial charge on any atom is -0.368 e. The molecular formula is C19H24N4O3. The maximum atomic E-state index is 12.2. The molecule has 138 valence electrons. The number of rotatable bonds is 6. The van der Waals surface area contributed by atoms with Gasteiger partial charge in [-0.25, -0.2) is 0 Å². The van der Waals surface area contributed by atoms with Crippen molar-refractivity contribution in [2.75, 3.05) is 26.2 Å². The van der Waals surface area contributed by atoms with E-state index in [1.165, 1.54) is 11.1 Å². The van der Waals surface area contributed by atoms with Crippen molar-refractivity contribution < 1.29 is 14.1 Å². The van der Waals surface area contributed by atoms with Gasteiger partial charge in [-0.3, -0.25) is 9.69 Å². The summed E-state index contributed by atoms with van der Waals surface area (Å²) < 4.78 is 10.8. The van der Waals surface area contributed by atoms with Gasteiger partial charge in [-0.05, 0) is 30.4 Å². The van der Waals surface area contributed by atoms with Gasteiger partial charge < -0.3 is 14.6 Å². The van der Waals surface area contributed by atoms with Crippen LogP contribution in [0.4, 0.5) is 0 Å². The van der Waals surface area contributed by atoms with Crippen molar-refractivity contribution in [3.8, 4) is 0 Å². The first-order valence-corrected chi connectivity index (χ1v) is 9.28. The van der Waals surface area contributed by atoms with Crippen LogP contribution >= 0.6 is 0 Å². The van der Waals surface area contributed by atoms with Crippen LogP contribution in [0.1, 0.15) is 41.8 Å². The first kappa shape index (κ1) is 17.2. The first-order valence-electron chi connectivity index (χ1n) is 9.28. The third kappa shape index (κ3) is 4.11. The lowest BCUT2D eigenvalue weighted by molar-refractivity contribution is -0.122. The highest BCUT2D eigenvalue weighted by molar-refractivity contribution is 5.78. The van der Waals surface area contributed by atoms with Crippen LogP contribution in [0.3, 0.4) is 0 Å². The zero-order valence-electron chi connectivity index (χ0n) is 14.8. The number of carbonyl (C=O) groups excluding carboxylic acids is 1. The molecule has 3 heterocycles. The summed E-state index contributed by atoms with van der Waals surface area (Å²) in [6, 6.07) is 8.44. The van der Waals surface area contributed by atoms with Crippen molar-refractivity contribution in [3.05, 3.63) is 47.1 Å². The smallest absolute Gasteiger partial charge is 0.255 e. The van der Waals surface area contributed by atoms with E-state index >= 15 is 0 Å². The number of nitrogens with zero attached hydrogens (tertiary/aromatic N) is 3. The Morgan fingerprint density at radius 1 is 1.31 bits per heavy atom. The molecular weight excluding hydrogens is 332 g/mol. The maximum Gasteiger partial charge on any atom is 0.255 e. The molecule has 2 aromatic rings. The molecule has 7 heteroatoms. The summed E-state index contributed by atoms with van der Waals surface area (Å²) in [5, 5.41) is 6.92. The predicted molar refractivity (Wildman–Crippen MR) is 94.4 cm³/mol. The molecule has 0 saturated carbocycles. The highest BCUT2D eigenvalue weighted by Gasteiger charge is 2.24. The van der Waals surface area contributed by atoms with Crippen LogP contribution in [-0.4, -0.2) is 47.2 Å². The van der Waals surface area contributed by atoms with E-state index in [9.17, 15) is 4.79 Å². The van der Waals surface area contributed by atoms with Gasteiger partial charge >= 0.3 is 0 Å². The fourth-order valence-corrected chi connectivity index (χ4v) is 3.53. The zero-order chi connectivity index (χ0) is 17.8. The SMILES string of the molecule is O=C(CN1CCc2ccccc2C1)NCCc1noc([C@H]2CCCO2)n1. The van der Waals surface area contributed by atoms with Gasteiger partial charge in [-0.15, -0.1) is 0 Å². The van der Waals surface area contributed by atoms with Gasteiger partial charge in [0.15, 0.2) is 5.82 Å². The van der Waals surface area contributed by atoms with Gasteiger partial charge in [0, 0.05) is 32.7 Å². The second-order valence-corrected chi connectivity index (χ2v) is 6.88. The van der Waals surface area contributed by atoms with Crippen LogP contribution in [0.25, 0.3) is 0 Å². The van der Waals surface area contributed by atoms with E-state index in [0.29, 0.717) is 31.2 Å². The fourth-order valence-electron chi connectivity index (χ4n) is 3.53. The Kier molecular flexibility index (Phi) is 5.26. The molecule has 1 amide bonds. The lowest BCUT2D eigenvalue weighted by Crippen LogP contribution is -2.40. The van der Waals surface area contributed by atoms with E-state index in [1.54, 1.807) is 0 Å². The van der Waals surface area contributed by atoms with Crippen LogP contribution in [0.2, 0.25) is 0 Å². The van der Waals surface area contributed by atoms with Crippen LogP contribution in [0.5, 0.6) is 0 Å². The number of ether oxygens (including phenoxy) is 1. The predicted octanol–water partition coefficient (Wildman–Crippen LogP) is 1.64. The standard InChI is InChI=1S/C19H24N4O3/c24-18(13-23-10-8-14-4-1-2-5-15(14)12-23)20-9-7-17-21-19(26-22-17)16-6-3-11-25-16/h1-2,4-5,16H,3,6-13H2,(H,20,24)/t16-/m1/s1. The Hall–Kier alpha value is -2.25. The summed E-state index contributed by atoms with van der Waals surface area (Å²) >= 11 is 0. The number of benzene rings is 1. The molecule has 26 heavy (non-hydrogen) atoms. The molecule has 1 aromatic heterocycles. The molecule has 0 aliphatic carbocycles. The lowest BCUT2D eigenvalue weighted by Gasteiger charge is -2.28. The zero-order valence-corrected chi connectivity index (χ0v) is 14.8. The summed E-state index contributed by atoms with van der Waals surface area (Å²) in [6.07, 6.45) is 3.45. The molecule has 2 aliphatic heterocycles. The Morgan fingerprint density at radius 3 is 3.04 bits per heavy atom. The van der Waals surface area contributed by atoms with Crippen LogP contribution in [0, 0.1) is 0 Å². The van der Waals surface area contributed by atoms with Crippen LogP contribution < -0.4 is 5.32 Å². The molecule has 4 rings (SSSR count). The average Bonchev–Trinajstić information content (AvgIpc) is 3.33. The van der Waals surface area contributed by atoms with Gasteiger partial charge in [0.25, 0.3) is 5.89 Å². The number of hydrogen-bond donors (Lipinski definition) is 1. The highest BCUT2D eigenvalue weighted by atomic mass is 16.5. The molecule has 0 bridgehead atoms. The molecule has 7 nitrogen and oxygen atoms in total. The van der Waals surface area contributed by atoms with E-state index in [1.807, 2.05) is 0 Å². The summed E-state index contributed by atoms with van der Waals surface area (Å²) in [5.74, 6) is 1.20. The van der Waals surface area contributed by atoms with Crippen LogP contribution in [0.15, 0.2) is 28.8 Å². The van der Waals surface area contributed by atoms with E-state index in [-0.39, 0.29) is 12.0 Å². The second-order valence-electron chi connectivity index (χ2n) is 6.88. The molecule has 2 aliphatic rings. The largest absolute Gasteiger partial charge is 0.368 e. The van der Waals surface area contributed by atoms with Crippen molar-refractivity contribution in [1.82, 2.24) is 20.4 Å². The minimum atomic E-state index is -0.0622. The molecule has 0 unspecified atom stereocenters. The Balaban J connectivity index is 1.20. The summed E-state index contributed by atoms with van der Waals surface area (Å²) in [5.41, 5.74) is 2.71. The van der Waals surface area contributed by atoms with Crippen LogP contribution in [-0.2, 0) is 28.9 Å². The van der Waals surface area contributed by atoms with Gasteiger partial charge in [-0.1, -0.05) is 29.4 Å². The number of amides is 1. The molecule has 1 saturated heterocycles. The van der Waals surface area contributed by atoms with E-state index in [4.69, 9.17) is 9.26 Å². The number of fused-ring (bicyclic) bond motifs is 1. The lowest BCUT2D eigenvalue weighted by atomic mass is 10.00. The molecule has 0 spiro atoms. The quantitative estimate of drug-likeness (QED) is 0.847. The Morgan fingerprint density at radius 2 is 2.19 bits per heavy atom. The monoisotopic (exact) mass is 356 g/mol. The molecule has 1 atom stereocenters. The molecule has 0 radical (unpaired) electrons. The van der Waals surface area contributed by atoms with Crippen molar-refractivity contribution >= 4 is 5.91 Å². The third-order valence-electron chi connectivity index (χ3n) is 4.94. The van der Waals surface area contributed by atoms with Gasteiger partial charge in [0.2, 0.25) is 5.91 Å². The Bertz CT molecular complexity index is 755. The van der Waals surface area contributed by atoms with Gasteiger partial charge in [-0.2, -0.15) is 4.98 Å². The van der Waals surface area contributed by atoms with Crippen molar-refractivity contribution in [2.45, 2.75) is 38.3 Å². The van der Waals surface area contributed by atoms with Crippen molar-refractivity contribution in [3.63, 3.8) is 0 Å². The number of nitrogens with one attached hydrogen (secondary N) is 1. The third-order valence-corrected chi connectivity index (χ3v) is 4.94. The van der Waals surface area contributed by atoms with E-state index in [0.717, 1.165) is 39.0 Å². The topological polar surface area (TPSA) is 80.5 Å². The van der Waals surface area contributed by atoms with E-state index in [2.05, 4.69) is 44.6 Å². The normalized spacial score (nSPS) is 20.1. The van der Waals surface area contributed by atoms with Crippen molar-refractivity contribution in [1.29, 1.82) is 0 Å². The average molecular weight is 356 g/mol. The Labute approximate surface area is 152 Å². The number of aromatic nitrogens is 2. The van der Waals surface area contributed by atoms with Gasteiger partial charge in [0.05, 0.1) is 6.54 Å². The first-order chi connectivity index (χ1) is 12.8.